The molecule has 0 aromatic carbocycles. The molecule has 1 saturated heterocycles. The number of carbonyl (C=O) groups is 2. The Morgan fingerprint density at radius 3 is 2.47 bits per heavy atom. The molecule has 2 unspecified atom stereocenters. The smallest absolute Gasteiger partial charge is 0.227 e. The van der Waals surface area contributed by atoms with Gasteiger partial charge in [-0.2, -0.15) is 0 Å². The van der Waals surface area contributed by atoms with Crippen molar-refractivity contribution in [3.8, 4) is 0 Å². The number of ether oxygens (including phenoxy) is 1. The van der Waals surface area contributed by atoms with Crippen LogP contribution in [0.1, 0.15) is 99.8 Å². The van der Waals surface area contributed by atoms with E-state index in [1.807, 2.05) is 13.8 Å². The van der Waals surface area contributed by atoms with Gasteiger partial charge in [0.15, 0.2) is 5.78 Å². The van der Waals surface area contributed by atoms with Crippen molar-refractivity contribution in [1.29, 1.82) is 0 Å². The lowest BCUT2D eigenvalue weighted by Crippen LogP contribution is -2.57. The van der Waals surface area contributed by atoms with Crippen LogP contribution in [0.2, 0.25) is 0 Å². The van der Waals surface area contributed by atoms with E-state index in [-0.39, 0.29) is 39.3 Å². The Morgan fingerprint density at radius 1 is 1.09 bits per heavy atom. The Labute approximate surface area is 206 Å². The SMILES string of the molecule is CC(C)C(=O)C1(O)CC([C@@H]2CC[C@]3(C)C4=CC[C@H]5C(C)(C)C(=O)CC[C@]5(C)[C@H]4CC[C@@]23C)CO1. The molecule has 0 bridgehead atoms. The van der Waals surface area contributed by atoms with Gasteiger partial charge in [-0.25, -0.2) is 0 Å². The lowest BCUT2D eigenvalue weighted by atomic mass is 9.41. The number of allylic oxidation sites excluding steroid dienone is 2. The molecule has 0 radical (unpaired) electrons. The van der Waals surface area contributed by atoms with Gasteiger partial charge < -0.3 is 9.84 Å². The van der Waals surface area contributed by atoms with Gasteiger partial charge in [0.2, 0.25) is 5.79 Å². The van der Waals surface area contributed by atoms with E-state index in [4.69, 9.17) is 4.74 Å². The summed E-state index contributed by atoms with van der Waals surface area (Å²) in [5.41, 5.74) is 1.93. The number of rotatable bonds is 3. The average molecular weight is 471 g/mol. The summed E-state index contributed by atoms with van der Waals surface area (Å²) >= 11 is 0. The molecular formula is C30H46O4. The predicted octanol–water partition coefficient (Wildman–Crippen LogP) is 6.11. The Balaban J connectivity index is 1.45. The Morgan fingerprint density at radius 2 is 1.79 bits per heavy atom. The molecule has 0 amide bonds. The van der Waals surface area contributed by atoms with E-state index in [0.29, 0.717) is 36.6 Å². The molecule has 4 fully saturated rings. The standard InChI is InChI=1S/C30H46O4/c1-18(2)25(32)30(33)16-19(17-34-30)20-10-14-29(7)22-8-9-23-26(3,4)24(31)12-13-27(23,5)21(22)11-15-28(20,29)6/h8,18-21,23,33H,9-17H2,1-7H3/t19?,20-,21-,23-,27+,28-,29+,30?/m0/s1. The van der Waals surface area contributed by atoms with E-state index in [9.17, 15) is 14.7 Å². The third-order valence-electron chi connectivity index (χ3n) is 12.2. The summed E-state index contributed by atoms with van der Waals surface area (Å²) in [6.07, 6.45) is 10.5. The van der Waals surface area contributed by atoms with Crippen LogP contribution in [0.15, 0.2) is 11.6 Å². The molecule has 5 rings (SSSR count). The third kappa shape index (κ3) is 3.03. The first kappa shape index (κ1) is 24.7. The first-order valence-electron chi connectivity index (χ1n) is 13.9. The number of Topliss-reactive ketones (excluding diaryl/α,β-unsaturated/α-hetero) is 2. The molecule has 0 aromatic heterocycles. The van der Waals surface area contributed by atoms with Gasteiger partial charge in [0.25, 0.3) is 0 Å². The van der Waals surface area contributed by atoms with Crippen LogP contribution in [0.5, 0.6) is 0 Å². The predicted molar refractivity (Wildman–Crippen MR) is 133 cm³/mol. The van der Waals surface area contributed by atoms with Crippen molar-refractivity contribution in [2.45, 2.75) is 106 Å². The first-order chi connectivity index (χ1) is 15.7. The molecule has 0 spiro atoms. The van der Waals surface area contributed by atoms with Crippen molar-refractivity contribution >= 4 is 11.6 Å². The van der Waals surface area contributed by atoms with Gasteiger partial charge in [-0.1, -0.05) is 60.1 Å². The molecule has 1 N–H and O–H groups in total. The number of hydrogen-bond donors (Lipinski definition) is 1. The Bertz CT molecular complexity index is 932. The molecule has 3 saturated carbocycles. The Hall–Kier alpha value is -1.00. The van der Waals surface area contributed by atoms with Crippen LogP contribution in [0.3, 0.4) is 0 Å². The van der Waals surface area contributed by atoms with Crippen molar-refractivity contribution in [2.75, 3.05) is 6.61 Å². The third-order valence-corrected chi connectivity index (χ3v) is 12.2. The van der Waals surface area contributed by atoms with Crippen molar-refractivity contribution < 1.29 is 19.4 Å². The van der Waals surface area contributed by atoms with E-state index in [1.165, 1.54) is 19.3 Å². The molecule has 0 aromatic rings. The van der Waals surface area contributed by atoms with Crippen LogP contribution in [-0.4, -0.2) is 29.1 Å². The summed E-state index contributed by atoms with van der Waals surface area (Å²) in [4.78, 5) is 25.5. The summed E-state index contributed by atoms with van der Waals surface area (Å²) in [5, 5.41) is 11.0. The van der Waals surface area contributed by atoms with Gasteiger partial charge in [0, 0.05) is 24.2 Å². The normalized spacial score (nSPS) is 49.9. The van der Waals surface area contributed by atoms with Gasteiger partial charge in [0.1, 0.15) is 5.78 Å². The van der Waals surface area contributed by atoms with Crippen LogP contribution in [0, 0.1) is 51.2 Å². The maximum absolute atomic E-state index is 12.8. The Kier molecular flexibility index (Phi) is 5.45. The largest absolute Gasteiger partial charge is 0.360 e. The van der Waals surface area contributed by atoms with Crippen molar-refractivity contribution in [1.82, 2.24) is 0 Å². The van der Waals surface area contributed by atoms with Gasteiger partial charge >= 0.3 is 0 Å². The van der Waals surface area contributed by atoms with E-state index in [2.05, 4.69) is 40.7 Å². The van der Waals surface area contributed by atoms with Gasteiger partial charge in [-0.05, 0) is 78.4 Å². The summed E-state index contributed by atoms with van der Waals surface area (Å²) in [7, 11) is 0. The van der Waals surface area contributed by atoms with Crippen molar-refractivity contribution in [2.24, 2.45) is 51.2 Å². The molecule has 1 aliphatic heterocycles. The van der Waals surface area contributed by atoms with Crippen molar-refractivity contribution in [3.05, 3.63) is 11.6 Å². The topological polar surface area (TPSA) is 63.6 Å². The van der Waals surface area contributed by atoms with E-state index in [0.717, 1.165) is 25.7 Å². The second-order valence-electron chi connectivity index (χ2n) is 14.2. The molecule has 1 heterocycles. The molecule has 4 aliphatic carbocycles. The van der Waals surface area contributed by atoms with E-state index < -0.39 is 5.79 Å². The van der Waals surface area contributed by atoms with Crippen LogP contribution in [-0.2, 0) is 14.3 Å². The van der Waals surface area contributed by atoms with Crippen LogP contribution in [0.4, 0.5) is 0 Å². The summed E-state index contributed by atoms with van der Waals surface area (Å²) in [6, 6.07) is 0. The zero-order valence-electron chi connectivity index (χ0n) is 22.5. The zero-order chi connectivity index (χ0) is 24.9. The minimum atomic E-state index is -1.60. The lowest BCUT2D eigenvalue weighted by Gasteiger charge is -2.63. The van der Waals surface area contributed by atoms with Crippen molar-refractivity contribution in [3.63, 3.8) is 0 Å². The van der Waals surface area contributed by atoms with Crippen LogP contribution >= 0.6 is 0 Å². The van der Waals surface area contributed by atoms with Gasteiger partial charge in [0.05, 0.1) is 6.61 Å². The van der Waals surface area contributed by atoms with Gasteiger partial charge in [-0.3, -0.25) is 9.59 Å². The first-order valence-corrected chi connectivity index (χ1v) is 13.9. The molecule has 4 heteroatoms. The highest BCUT2D eigenvalue weighted by Crippen LogP contribution is 2.73. The molecular weight excluding hydrogens is 424 g/mol. The quantitative estimate of drug-likeness (QED) is 0.505. The summed E-state index contributed by atoms with van der Waals surface area (Å²) < 4.78 is 5.83. The number of fused-ring (bicyclic) bond motifs is 5. The summed E-state index contributed by atoms with van der Waals surface area (Å²) in [5.74, 6) is 0.137. The fourth-order valence-corrected chi connectivity index (χ4v) is 9.91. The molecule has 5 aliphatic rings. The minimum Gasteiger partial charge on any atom is -0.360 e. The second kappa shape index (κ2) is 7.51. The number of aliphatic hydroxyl groups is 1. The monoisotopic (exact) mass is 470 g/mol. The van der Waals surface area contributed by atoms with E-state index in [1.54, 1.807) is 5.57 Å². The summed E-state index contributed by atoms with van der Waals surface area (Å²) in [6.45, 7) is 16.0. The fraction of sp³-hybridized carbons (Fsp3) is 0.867. The maximum atomic E-state index is 12.8. The zero-order valence-corrected chi connectivity index (χ0v) is 22.5. The molecule has 190 valence electrons. The molecule has 34 heavy (non-hydrogen) atoms. The van der Waals surface area contributed by atoms with Crippen LogP contribution < -0.4 is 0 Å². The average Bonchev–Trinajstić information content (AvgIpc) is 3.28. The lowest BCUT2D eigenvalue weighted by molar-refractivity contribution is -0.189. The maximum Gasteiger partial charge on any atom is 0.227 e. The highest BCUT2D eigenvalue weighted by molar-refractivity contribution is 5.87. The second-order valence-corrected chi connectivity index (χ2v) is 14.2. The van der Waals surface area contributed by atoms with E-state index >= 15 is 0 Å². The number of carbonyl (C=O) groups excluding carboxylic acids is 2. The molecule has 8 atom stereocenters. The number of ketones is 2. The minimum absolute atomic E-state index is 0.142. The highest BCUT2D eigenvalue weighted by atomic mass is 16.6. The molecule has 4 nitrogen and oxygen atoms in total. The fourth-order valence-electron chi connectivity index (χ4n) is 9.91. The van der Waals surface area contributed by atoms with Gasteiger partial charge in [-0.15, -0.1) is 0 Å². The highest BCUT2D eigenvalue weighted by Gasteiger charge is 2.66. The number of hydrogen-bond acceptors (Lipinski definition) is 4. The van der Waals surface area contributed by atoms with Crippen LogP contribution in [0.25, 0.3) is 0 Å².